The molecular formula is C20H11BrClN3O3. The molecule has 0 aliphatic carbocycles. The van der Waals surface area contributed by atoms with E-state index in [1.165, 1.54) is 12.1 Å². The zero-order valence-corrected chi connectivity index (χ0v) is 16.5. The molecule has 0 saturated carbocycles. The lowest BCUT2D eigenvalue weighted by molar-refractivity contribution is -0.384. The molecule has 1 heterocycles. The summed E-state index contributed by atoms with van der Waals surface area (Å²) in [4.78, 5) is 19.4. The number of aromatic nitrogens is 1. The molecule has 0 atom stereocenters. The van der Waals surface area contributed by atoms with Gasteiger partial charge in [-0.05, 0) is 48.0 Å². The molecule has 138 valence electrons. The minimum Gasteiger partial charge on any atom is -0.436 e. The maximum absolute atomic E-state index is 11.0. The van der Waals surface area contributed by atoms with Crippen LogP contribution in [0.3, 0.4) is 0 Å². The van der Waals surface area contributed by atoms with Gasteiger partial charge in [0.15, 0.2) is 5.58 Å². The van der Waals surface area contributed by atoms with Crippen molar-refractivity contribution in [3.8, 4) is 11.5 Å². The van der Waals surface area contributed by atoms with Crippen LogP contribution in [0.1, 0.15) is 5.56 Å². The van der Waals surface area contributed by atoms with Gasteiger partial charge in [0.2, 0.25) is 5.89 Å². The van der Waals surface area contributed by atoms with E-state index in [0.29, 0.717) is 28.2 Å². The summed E-state index contributed by atoms with van der Waals surface area (Å²) < 4.78 is 6.75. The number of halogens is 2. The van der Waals surface area contributed by atoms with Crippen LogP contribution in [0.4, 0.5) is 11.4 Å². The first kappa shape index (κ1) is 18.3. The molecule has 0 bridgehead atoms. The summed E-state index contributed by atoms with van der Waals surface area (Å²) in [5.74, 6) is 0.519. The second kappa shape index (κ2) is 7.53. The zero-order valence-electron chi connectivity index (χ0n) is 14.2. The molecule has 4 rings (SSSR count). The number of nitro benzene ring substituents is 1. The molecule has 3 aromatic carbocycles. The van der Waals surface area contributed by atoms with Crippen LogP contribution in [-0.4, -0.2) is 16.1 Å². The summed E-state index contributed by atoms with van der Waals surface area (Å²) >= 11 is 9.27. The third-order valence-corrected chi connectivity index (χ3v) is 4.79. The van der Waals surface area contributed by atoms with E-state index in [1.54, 1.807) is 30.5 Å². The Bertz CT molecular complexity index is 1240. The minimum atomic E-state index is -0.523. The fourth-order valence-electron chi connectivity index (χ4n) is 2.64. The lowest BCUT2D eigenvalue weighted by atomic mass is 10.2. The van der Waals surface area contributed by atoms with Crippen molar-refractivity contribution in [3.63, 3.8) is 0 Å². The van der Waals surface area contributed by atoms with Gasteiger partial charge in [0, 0.05) is 22.3 Å². The summed E-state index contributed by atoms with van der Waals surface area (Å²) in [6, 6.07) is 17.6. The van der Waals surface area contributed by atoms with Crippen LogP contribution in [0.25, 0.3) is 22.6 Å². The lowest BCUT2D eigenvalue weighted by Gasteiger charge is -1.97. The maximum atomic E-state index is 11.0. The molecule has 0 spiro atoms. The highest BCUT2D eigenvalue weighted by Crippen LogP contribution is 2.29. The molecule has 4 aromatic rings. The Morgan fingerprint density at radius 3 is 2.79 bits per heavy atom. The molecule has 8 heteroatoms. The van der Waals surface area contributed by atoms with E-state index in [-0.39, 0.29) is 10.7 Å². The molecular weight excluding hydrogens is 446 g/mol. The molecule has 6 nitrogen and oxygen atoms in total. The van der Waals surface area contributed by atoms with Crippen LogP contribution >= 0.6 is 27.5 Å². The Hall–Kier alpha value is -3.03. The summed E-state index contributed by atoms with van der Waals surface area (Å²) in [5.41, 5.74) is 3.26. The monoisotopic (exact) mass is 455 g/mol. The Labute approximate surface area is 172 Å². The van der Waals surface area contributed by atoms with Crippen LogP contribution in [0.15, 0.2) is 74.5 Å². The number of aliphatic imine (C=N–C) groups is 1. The van der Waals surface area contributed by atoms with Crippen LogP contribution in [0, 0.1) is 10.1 Å². The largest absolute Gasteiger partial charge is 0.436 e. The Morgan fingerprint density at radius 1 is 1.14 bits per heavy atom. The van der Waals surface area contributed by atoms with Gasteiger partial charge in [0.05, 0.1) is 10.6 Å². The second-order valence-corrected chi connectivity index (χ2v) is 7.23. The number of nitrogens with zero attached hydrogens (tertiary/aromatic N) is 3. The van der Waals surface area contributed by atoms with Crippen LogP contribution in [0.2, 0.25) is 5.02 Å². The fourth-order valence-corrected chi connectivity index (χ4v) is 3.23. The van der Waals surface area contributed by atoms with E-state index in [1.807, 2.05) is 24.3 Å². The Morgan fingerprint density at radius 2 is 2.00 bits per heavy atom. The molecule has 28 heavy (non-hydrogen) atoms. The third kappa shape index (κ3) is 3.81. The highest BCUT2D eigenvalue weighted by atomic mass is 79.9. The SMILES string of the molecule is O=[N+]([O-])c1cc(C=Nc2ccc3oc(-c4cccc(Br)c4)nc3c2)ccc1Cl. The number of hydrogen-bond acceptors (Lipinski definition) is 5. The highest BCUT2D eigenvalue weighted by molar-refractivity contribution is 9.10. The molecule has 0 radical (unpaired) electrons. The fraction of sp³-hybridized carbons (Fsp3) is 0. The maximum Gasteiger partial charge on any atom is 0.288 e. The first-order chi connectivity index (χ1) is 13.5. The zero-order chi connectivity index (χ0) is 19.7. The molecule has 0 saturated heterocycles. The van der Waals surface area contributed by atoms with E-state index in [9.17, 15) is 10.1 Å². The Kier molecular flexibility index (Phi) is 4.93. The number of hydrogen-bond donors (Lipinski definition) is 0. The van der Waals surface area contributed by atoms with Crippen molar-refractivity contribution in [3.05, 3.63) is 85.8 Å². The van der Waals surface area contributed by atoms with Gasteiger partial charge in [-0.2, -0.15) is 0 Å². The molecule has 0 N–H and O–H groups in total. The van der Waals surface area contributed by atoms with Crippen LogP contribution < -0.4 is 0 Å². The smallest absolute Gasteiger partial charge is 0.288 e. The number of nitro groups is 1. The summed E-state index contributed by atoms with van der Waals surface area (Å²) in [6.45, 7) is 0. The van der Waals surface area contributed by atoms with Crippen molar-refractivity contribution in [2.75, 3.05) is 0 Å². The number of benzene rings is 3. The van der Waals surface area contributed by atoms with Gasteiger partial charge in [-0.25, -0.2) is 4.98 Å². The van der Waals surface area contributed by atoms with Crippen molar-refractivity contribution in [1.29, 1.82) is 0 Å². The number of fused-ring (bicyclic) bond motifs is 1. The van der Waals surface area contributed by atoms with Crippen molar-refractivity contribution in [2.45, 2.75) is 0 Å². The van der Waals surface area contributed by atoms with Crippen molar-refractivity contribution < 1.29 is 9.34 Å². The Balaban J connectivity index is 1.64. The van der Waals surface area contributed by atoms with E-state index < -0.39 is 4.92 Å². The quantitative estimate of drug-likeness (QED) is 0.197. The van der Waals surface area contributed by atoms with Crippen LogP contribution in [-0.2, 0) is 0 Å². The van der Waals surface area contributed by atoms with Gasteiger partial charge >= 0.3 is 0 Å². The van der Waals surface area contributed by atoms with Gasteiger partial charge in [0.1, 0.15) is 10.5 Å². The predicted molar refractivity (Wildman–Crippen MR) is 113 cm³/mol. The van der Waals surface area contributed by atoms with E-state index >= 15 is 0 Å². The number of rotatable bonds is 4. The van der Waals surface area contributed by atoms with Gasteiger partial charge < -0.3 is 4.42 Å². The summed E-state index contributed by atoms with van der Waals surface area (Å²) in [6.07, 6.45) is 1.54. The molecule has 1 aromatic heterocycles. The van der Waals surface area contributed by atoms with E-state index in [0.717, 1.165) is 10.0 Å². The average molecular weight is 457 g/mol. The molecule has 0 amide bonds. The van der Waals surface area contributed by atoms with Gasteiger partial charge in [0.25, 0.3) is 5.69 Å². The van der Waals surface area contributed by atoms with E-state index in [2.05, 4.69) is 25.9 Å². The molecule has 0 aliphatic heterocycles. The standard InChI is InChI=1S/C20H11BrClN3O3/c21-14-3-1-2-13(9-14)20-24-17-10-15(5-7-19(17)28-20)23-11-12-4-6-16(22)18(8-12)25(26)27/h1-11H. The van der Waals surface area contributed by atoms with Gasteiger partial charge in [-0.1, -0.05) is 39.7 Å². The summed E-state index contributed by atoms with van der Waals surface area (Å²) in [7, 11) is 0. The topological polar surface area (TPSA) is 81.5 Å². The normalized spacial score (nSPS) is 11.4. The van der Waals surface area contributed by atoms with Crippen molar-refractivity contribution in [1.82, 2.24) is 4.98 Å². The van der Waals surface area contributed by atoms with Gasteiger partial charge in [-0.15, -0.1) is 0 Å². The third-order valence-electron chi connectivity index (χ3n) is 3.97. The second-order valence-electron chi connectivity index (χ2n) is 5.91. The lowest BCUT2D eigenvalue weighted by Crippen LogP contribution is -1.91. The van der Waals surface area contributed by atoms with Gasteiger partial charge in [-0.3, -0.25) is 15.1 Å². The minimum absolute atomic E-state index is 0.0891. The van der Waals surface area contributed by atoms with Crippen molar-refractivity contribution in [2.24, 2.45) is 4.99 Å². The first-order valence-corrected chi connectivity index (χ1v) is 9.31. The van der Waals surface area contributed by atoms with Crippen molar-refractivity contribution >= 4 is 56.2 Å². The number of oxazole rings is 1. The molecule has 0 aliphatic rings. The van der Waals surface area contributed by atoms with Crippen LogP contribution in [0.5, 0.6) is 0 Å². The molecule has 0 unspecified atom stereocenters. The molecule has 0 fully saturated rings. The predicted octanol–water partition coefficient (Wildman–Crippen LogP) is 6.57. The summed E-state index contributed by atoms with van der Waals surface area (Å²) in [5, 5.41) is 11.1. The average Bonchev–Trinajstić information content (AvgIpc) is 3.10. The van der Waals surface area contributed by atoms with E-state index in [4.69, 9.17) is 16.0 Å². The highest BCUT2D eigenvalue weighted by Gasteiger charge is 2.12. The first-order valence-electron chi connectivity index (χ1n) is 8.14.